The van der Waals surface area contributed by atoms with E-state index in [-0.39, 0.29) is 37.7 Å². The molecule has 1 aromatic heterocycles. The molecule has 0 saturated heterocycles. The van der Waals surface area contributed by atoms with Gasteiger partial charge in [0.1, 0.15) is 0 Å². The normalized spacial score (nSPS) is 16.9. The van der Waals surface area contributed by atoms with Gasteiger partial charge in [0, 0.05) is 6.54 Å². The fourth-order valence-corrected chi connectivity index (χ4v) is 3.95. The van der Waals surface area contributed by atoms with Crippen molar-refractivity contribution in [2.75, 3.05) is 26.4 Å². The summed E-state index contributed by atoms with van der Waals surface area (Å²) in [6, 6.07) is 10.5. The van der Waals surface area contributed by atoms with E-state index < -0.39 is 17.7 Å². The average Bonchev–Trinajstić information content (AvgIpc) is 3.33. The number of carbonyl (C=O) groups is 2. The Balaban J connectivity index is 1.96. The van der Waals surface area contributed by atoms with Gasteiger partial charge in [-0.3, -0.25) is 9.59 Å². The van der Waals surface area contributed by atoms with Crippen LogP contribution in [0.1, 0.15) is 33.8 Å². The summed E-state index contributed by atoms with van der Waals surface area (Å²) in [6.45, 7) is 2.50. The summed E-state index contributed by atoms with van der Waals surface area (Å²) in [5.74, 6) is -1.44. The van der Waals surface area contributed by atoms with Crippen molar-refractivity contribution in [1.82, 2.24) is 4.90 Å². The largest absolute Gasteiger partial charge is 0.503 e. The fraction of sp³-hybridized carbons (Fsp3) is 0.333. The molecule has 1 aliphatic rings. The summed E-state index contributed by atoms with van der Waals surface area (Å²) >= 11 is 1.27. The van der Waals surface area contributed by atoms with Crippen LogP contribution >= 0.6 is 11.3 Å². The van der Waals surface area contributed by atoms with Gasteiger partial charge in [-0.15, -0.1) is 11.3 Å². The highest BCUT2D eigenvalue weighted by Crippen LogP contribution is 2.39. The molecule has 1 atom stereocenters. The van der Waals surface area contributed by atoms with Crippen LogP contribution in [0.25, 0.3) is 0 Å². The Hall–Kier alpha value is -2.48. The number of hydrogen-bond acceptors (Lipinski definition) is 6. The van der Waals surface area contributed by atoms with Crippen LogP contribution in [0, 0.1) is 0 Å². The third kappa shape index (κ3) is 4.01. The first-order chi connectivity index (χ1) is 13.6. The van der Waals surface area contributed by atoms with E-state index in [1.54, 1.807) is 17.5 Å². The Morgan fingerprint density at radius 2 is 1.96 bits per heavy atom. The van der Waals surface area contributed by atoms with Gasteiger partial charge in [-0.2, -0.15) is 0 Å². The summed E-state index contributed by atoms with van der Waals surface area (Å²) in [5.41, 5.74) is 2.00. The molecule has 0 saturated carbocycles. The molecule has 0 spiro atoms. The number of thiophene rings is 1. The van der Waals surface area contributed by atoms with Gasteiger partial charge in [0.15, 0.2) is 5.76 Å². The lowest BCUT2D eigenvalue weighted by Crippen LogP contribution is -2.34. The second-order valence-corrected chi connectivity index (χ2v) is 7.35. The highest BCUT2D eigenvalue weighted by molar-refractivity contribution is 7.12. The van der Waals surface area contributed by atoms with E-state index in [0.717, 1.165) is 17.5 Å². The number of rotatable bonds is 9. The SMILES string of the molecule is CCc1ccc(C2C(C(=O)c3cccs3)=C(O)C(=O)N2CCOCCO)cc1. The molecule has 7 heteroatoms. The van der Waals surface area contributed by atoms with Crippen molar-refractivity contribution in [2.24, 2.45) is 0 Å². The van der Waals surface area contributed by atoms with Gasteiger partial charge in [-0.25, -0.2) is 0 Å². The van der Waals surface area contributed by atoms with E-state index in [9.17, 15) is 14.7 Å². The van der Waals surface area contributed by atoms with Crippen LogP contribution in [0.15, 0.2) is 53.1 Å². The van der Waals surface area contributed by atoms with Crippen molar-refractivity contribution < 1.29 is 24.5 Å². The third-order valence-corrected chi connectivity index (χ3v) is 5.58. The zero-order valence-corrected chi connectivity index (χ0v) is 16.4. The first-order valence-corrected chi connectivity index (χ1v) is 10.1. The molecule has 1 aliphatic heterocycles. The van der Waals surface area contributed by atoms with Crippen molar-refractivity contribution in [1.29, 1.82) is 0 Å². The molecule has 0 fully saturated rings. The first kappa shape index (κ1) is 20.3. The van der Waals surface area contributed by atoms with Crippen LogP contribution in [-0.4, -0.2) is 53.2 Å². The van der Waals surface area contributed by atoms with Crippen LogP contribution in [0.5, 0.6) is 0 Å². The van der Waals surface area contributed by atoms with Crippen LogP contribution in [0.3, 0.4) is 0 Å². The highest BCUT2D eigenvalue weighted by Gasteiger charge is 2.43. The van der Waals surface area contributed by atoms with E-state index in [2.05, 4.69) is 6.92 Å². The second kappa shape index (κ2) is 9.14. The lowest BCUT2D eigenvalue weighted by Gasteiger charge is -2.26. The molecule has 2 N–H and O–H groups in total. The molecule has 6 nitrogen and oxygen atoms in total. The number of aliphatic hydroxyl groups is 2. The Morgan fingerprint density at radius 3 is 2.57 bits per heavy atom. The predicted molar refractivity (Wildman–Crippen MR) is 106 cm³/mol. The Bertz CT molecular complexity index is 857. The maximum atomic E-state index is 13.0. The topological polar surface area (TPSA) is 87.1 Å². The Morgan fingerprint density at radius 1 is 1.21 bits per heavy atom. The molecule has 1 amide bonds. The molecule has 0 radical (unpaired) electrons. The maximum Gasteiger partial charge on any atom is 0.290 e. The van der Waals surface area contributed by atoms with Gasteiger partial charge in [0.25, 0.3) is 5.91 Å². The monoisotopic (exact) mass is 401 g/mol. The van der Waals surface area contributed by atoms with Crippen molar-refractivity contribution in [2.45, 2.75) is 19.4 Å². The molecule has 148 valence electrons. The molecule has 0 aliphatic carbocycles. The number of ether oxygens (including phenoxy) is 1. The summed E-state index contributed by atoms with van der Waals surface area (Å²) < 4.78 is 5.29. The minimum Gasteiger partial charge on any atom is -0.503 e. The number of aryl methyl sites for hydroxylation is 1. The molecule has 1 aromatic carbocycles. The molecule has 1 unspecified atom stereocenters. The number of nitrogens with zero attached hydrogens (tertiary/aromatic N) is 1. The van der Waals surface area contributed by atoms with E-state index in [4.69, 9.17) is 9.84 Å². The minimum atomic E-state index is -0.675. The predicted octanol–water partition coefficient (Wildman–Crippen LogP) is 2.90. The van der Waals surface area contributed by atoms with E-state index in [1.807, 2.05) is 24.3 Å². The molecule has 0 bridgehead atoms. The zero-order chi connectivity index (χ0) is 20.1. The van der Waals surface area contributed by atoms with Gasteiger partial charge < -0.3 is 19.8 Å². The smallest absolute Gasteiger partial charge is 0.290 e. The van der Waals surface area contributed by atoms with Crippen LogP contribution in [0.2, 0.25) is 0 Å². The minimum absolute atomic E-state index is 0.0962. The number of benzene rings is 1. The summed E-state index contributed by atoms with van der Waals surface area (Å²) in [7, 11) is 0. The molecule has 2 heterocycles. The number of amides is 1. The quantitative estimate of drug-likeness (QED) is 0.498. The summed E-state index contributed by atoms with van der Waals surface area (Å²) in [4.78, 5) is 27.7. The van der Waals surface area contributed by atoms with Crippen LogP contribution in [-0.2, 0) is 16.0 Å². The average molecular weight is 401 g/mol. The number of carbonyl (C=O) groups excluding carboxylic acids is 2. The van der Waals surface area contributed by atoms with E-state index in [0.29, 0.717) is 4.88 Å². The van der Waals surface area contributed by atoms with Crippen molar-refractivity contribution in [3.63, 3.8) is 0 Å². The number of Topliss-reactive ketones (excluding diaryl/α,β-unsaturated/α-hetero) is 1. The van der Waals surface area contributed by atoms with Crippen molar-refractivity contribution >= 4 is 23.0 Å². The van der Waals surface area contributed by atoms with Crippen molar-refractivity contribution in [3.05, 3.63) is 69.1 Å². The lowest BCUT2D eigenvalue weighted by atomic mass is 9.94. The molecule has 2 aromatic rings. The maximum absolute atomic E-state index is 13.0. The molecule has 3 rings (SSSR count). The number of hydrogen-bond donors (Lipinski definition) is 2. The van der Waals surface area contributed by atoms with Gasteiger partial charge in [-0.1, -0.05) is 37.3 Å². The third-order valence-electron chi connectivity index (χ3n) is 4.71. The number of ketones is 1. The van der Waals surface area contributed by atoms with Gasteiger partial charge in [-0.05, 0) is 29.0 Å². The molecular formula is C21H23NO5S. The lowest BCUT2D eigenvalue weighted by molar-refractivity contribution is -0.130. The standard InChI is InChI=1S/C21H23NO5S/c1-2-14-5-7-15(8-6-14)18-17(19(24)16-4-3-13-28-16)20(25)21(26)22(18)9-11-27-12-10-23/h3-8,13,18,23,25H,2,9-12H2,1H3. The van der Waals surface area contributed by atoms with E-state index in [1.165, 1.54) is 16.2 Å². The zero-order valence-electron chi connectivity index (χ0n) is 15.6. The van der Waals surface area contributed by atoms with Crippen molar-refractivity contribution in [3.8, 4) is 0 Å². The highest BCUT2D eigenvalue weighted by atomic mass is 32.1. The first-order valence-electron chi connectivity index (χ1n) is 9.18. The Labute approximate surface area is 167 Å². The van der Waals surface area contributed by atoms with E-state index >= 15 is 0 Å². The molecule has 28 heavy (non-hydrogen) atoms. The number of aliphatic hydroxyl groups excluding tert-OH is 2. The Kier molecular flexibility index (Phi) is 6.61. The molecular weight excluding hydrogens is 378 g/mol. The van der Waals surface area contributed by atoms with Crippen LogP contribution < -0.4 is 0 Å². The fourth-order valence-electron chi connectivity index (χ4n) is 3.27. The summed E-state index contributed by atoms with van der Waals surface area (Å²) in [5, 5.41) is 21.2. The van der Waals surface area contributed by atoms with Crippen LogP contribution in [0.4, 0.5) is 0 Å². The van der Waals surface area contributed by atoms with Gasteiger partial charge in [0.2, 0.25) is 5.78 Å². The summed E-state index contributed by atoms with van der Waals surface area (Å²) in [6.07, 6.45) is 0.880. The van der Waals surface area contributed by atoms with Gasteiger partial charge in [0.05, 0.1) is 36.3 Å². The second-order valence-electron chi connectivity index (χ2n) is 6.40. The van der Waals surface area contributed by atoms with Gasteiger partial charge >= 0.3 is 0 Å².